The highest BCUT2D eigenvalue weighted by Gasteiger charge is 2.33. The highest BCUT2D eigenvalue weighted by atomic mass is 79.9. The molecule has 0 N–H and O–H groups in total. The van der Waals surface area contributed by atoms with E-state index < -0.39 is 44.0 Å². The van der Waals surface area contributed by atoms with Gasteiger partial charge in [-0.15, -0.1) is 0 Å². The minimum atomic E-state index is -1.07. The summed E-state index contributed by atoms with van der Waals surface area (Å²) in [6.07, 6.45) is 0. The van der Waals surface area contributed by atoms with E-state index in [1.165, 1.54) is 0 Å². The maximum absolute atomic E-state index is 11.9. The van der Waals surface area contributed by atoms with Gasteiger partial charge in [0.25, 0.3) is 0 Å². The van der Waals surface area contributed by atoms with Gasteiger partial charge in [-0.1, -0.05) is 0 Å². The lowest BCUT2D eigenvalue weighted by molar-refractivity contribution is -0.141. The standard InChI is InChI=1S/C12H12Br2O8/c1-19-9(15)5(7(13)11(17)21-3)6(10(16)20-2)8(14)12(18)22-4/h1-4H3/b7-5+,8-6+. The van der Waals surface area contributed by atoms with Crippen molar-refractivity contribution < 1.29 is 38.1 Å². The third-order valence-electron chi connectivity index (χ3n) is 2.20. The number of esters is 4. The van der Waals surface area contributed by atoms with Crippen LogP contribution in [0.1, 0.15) is 0 Å². The Balaban J connectivity index is 6.60. The first-order valence-electron chi connectivity index (χ1n) is 5.39. The van der Waals surface area contributed by atoms with Crippen LogP contribution in [-0.2, 0) is 38.1 Å². The summed E-state index contributed by atoms with van der Waals surface area (Å²) in [6, 6.07) is 0. The molecule has 8 nitrogen and oxygen atoms in total. The van der Waals surface area contributed by atoms with Gasteiger partial charge >= 0.3 is 23.9 Å². The first kappa shape index (κ1) is 20.3. The monoisotopic (exact) mass is 442 g/mol. The number of carbonyl (C=O) groups is 4. The fraction of sp³-hybridized carbons (Fsp3) is 0.333. The lowest BCUT2D eigenvalue weighted by Gasteiger charge is -2.12. The molecule has 0 unspecified atom stereocenters. The molecule has 0 aromatic heterocycles. The van der Waals surface area contributed by atoms with Crippen molar-refractivity contribution in [1.82, 2.24) is 0 Å². The zero-order valence-electron chi connectivity index (χ0n) is 12.0. The first-order valence-corrected chi connectivity index (χ1v) is 6.98. The topological polar surface area (TPSA) is 105 Å². The number of methoxy groups -OCH3 is 4. The highest BCUT2D eigenvalue weighted by Crippen LogP contribution is 2.29. The predicted octanol–water partition coefficient (Wildman–Crippen LogP) is 0.976. The maximum atomic E-state index is 11.9. The molecule has 0 atom stereocenters. The van der Waals surface area contributed by atoms with Crippen LogP contribution in [0.2, 0.25) is 0 Å². The van der Waals surface area contributed by atoms with Crippen LogP contribution >= 0.6 is 31.9 Å². The van der Waals surface area contributed by atoms with Crippen molar-refractivity contribution in [1.29, 1.82) is 0 Å². The van der Waals surface area contributed by atoms with E-state index in [-0.39, 0.29) is 0 Å². The van der Waals surface area contributed by atoms with Crippen molar-refractivity contribution >= 4 is 55.7 Å². The van der Waals surface area contributed by atoms with E-state index in [1.807, 2.05) is 0 Å². The van der Waals surface area contributed by atoms with Gasteiger partial charge < -0.3 is 18.9 Å². The van der Waals surface area contributed by atoms with E-state index in [1.54, 1.807) is 0 Å². The summed E-state index contributed by atoms with van der Waals surface area (Å²) >= 11 is 5.68. The Labute approximate surface area is 142 Å². The van der Waals surface area contributed by atoms with Gasteiger partial charge in [0, 0.05) is 0 Å². The van der Waals surface area contributed by atoms with Gasteiger partial charge in [0.05, 0.1) is 39.6 Å². The quantitative estimate of drug-likeness (QED) is 0.268. The molecule has 0 aliphatic heterocycles. The van der Waals surface area contributed by atoms with Gasteiger partial charge in [-0.25, -0.2) is 19.2 Å². The number of halogens is 2. The fourth-order valence-corrected chi connectivity index (χ4v) is 2.23. The predicted molar refractivity (Wildman–Crippen MR) is 80.0 cm³/mol. The summed E-state index contributed by atoms with van der Waals surface area (Å²) in [5.74, 6) is -4.07. The van der Waals surface area contributed by atoms with E-state index in [4.69, 9.17) is 0 Å². The van der Waals surface area contributed by atoms with Crippen LogP contribution in [0.4, 0.5) is 0 Å². The smallest absolute Gasteiger partial charge is 0.345 e. The lowest BCUT2D eigenvalue weighted by atomic mass is 10.1. The SMILES string of the molecule is COC(=O)/C(Br)=C(C(=O)OC)/C(C(=O)OC)=C(\Br)C(=O)OC. The van der Waals surface area contributed by atoms with Crippen molar-refractivity contribution in [3.05, 3.63) is 20.1 Å². The number of hydrogen-bond donors (Lipinski definition) is 0. The minimum Gasteiger partial charge on any atom is -0.465 e. The first-order chi connectivity index (χ1) is 10.3. The molecule has 0 saturated heterocycles. The molecule has 0 aliphatic carbocycles. The van der Waals surface area contributed by atoms with Gasteiger partial charge in [0.1, 0.15) is 8.96 Å². The molecule has 0 heterocycles. The summed E-state index contributed by atoms with van der Waals surface area (Å²) in [7, 11) is 4.19. The Kier molecular flexibility index (Phi) is 8.65. The zero-order chi connectivity index (χ0) is 17.4. The van der Waals surface area contributed by atoms with Gasteiger partial charge in [0.15, 0.2) is 0 Å². The Hall–Kier alpha value is -1.68. The van der Waals surface area contributed by atoms with Crippen LogP contribution in [0.25, 0.3) is 0 Å². The molecule has 0 fully saturated rings. The average Bonchev–Trinajstić information content (AvgIpc) is 2.55. The second kappa shape index (κ2) is 9.36. The van der Waals surface area contributed by atoms with Crippen LogP contribution in [0.5, 0.6) is 0 Å². The molecule has 0 aromatic rings. The lowest BCUT2D eigenvalue weighted by Crippen LogP contribution is -2.21. The minimum absolute atomic E-state index is 0.428. The number of rotatable bonds is 5. The third kappa shape index (κ3) is 4.67. The molecule has 0 amide bonds. The molecule has 0 bridgehead atoms. The Morgan fingerprint density at radius 2 is 0.773 bits per heavy atom. The zero-order valence-corrected chi connectivity index (χ0v) is 15.2. The average molecular weight is 444 g/mol. The number of ether oxygens (including phenoxy) is 4. The molecule has 0 aliphatic rings. The van der Waals surface area contributed by atoms with Crippen molar-refractivity contribution in [3.63, 3.8) is 0 Å². The van der Waals surface area contributed by atoms with Crippen molar-refractivity contribution in [3.8, 4) is 0 Å². The number of carbonyl (C=O) groups excluding carboxylic acids is 4. The second-order valence-corrected chi connectivity index (χ2v) is 4.93. The summed E-state index contributed by atoms with van der Waals surface area (Å²) in [6.45, 7) is 0. The summed E-state index contributed by atoms with van der Waals surface area (Å²) < 4.78 is 17.1. The van der Waals surface area contributed by atoms with E-state index >= 15 is 0 Å². The molecule has 0 aromatic carbocycles. The molecule has 0 spiro atoms. The normalized spacial score (nSPS) is 12.5. The molecule has 0 radical (unpaired) electrons. The van der Waals surface area contributed by atoms with Gasteiger partial charge in [-0.2, -0.15) is 0 Å². The van der Waals surface area contributed by atoms with E-state index in [9.17, 15) is 19.2 Å². The highest BCUT2D eigenvalue weighted by molar-refractivity contribution is 9.12. The van der Waals surface area contributed by atoms with Crippen LogP contribution in [-0.4, -0.2) is 52.3 Å². The molecular weight excluding hydrogens is 432 g/mol. The van der Waals surface area contributed by atoms with Crippen molar-refractivity contribution in [2.75, 3.05) is 28.4 Å². The number of hydrogen-bond acceptors (Lipinski definition) is 8. The molecule has 22 heavy (non-hydrogen) atoms. The van der Waals surface area contributed by atoms with Gasteiger partial charge in [-0.05, 0) is 31.9 Å². The third-order valence-corrected chi connectivity index (χ3v) is 3.64. The molecule has 0 rings (SSSR count). The second-order valence-electron chi connectivity index (χ2n) is 3.34. The largest absolute Gasteiger partial charge is 0.465 e. The molecule has 0 saturated carbocycles. The Morgan fingerprint density at radius 3 is 0.955 bits per heavy atom. The van der Waals surface area contributed by atoms with E-state index in [0.29, 0.717) is 0 Å². The Bertz CT molecular complexity index is 511. The van der Waals surface area contributed by atoms with Crippen LogP contribution in [0.3, 0.4) is 0 Å². The van der Waals surface area contributed by atoms with Crippen LogP contribution in [0, 0.1) is 0 Å². The summed E-state index contributed by atoms with van der Waals surface area (Å²) in [5.41, 5.74) is -1.11. The Morgan fingerprint density at radius 1 is 0.545 bits per heavy atom. The maximum Gasteiger partial charge on any atom is 0.345 e. The van der Waals surface area contributed by atoms with Crippen LogP contribution in [0.15, 0.2) is 20.1 Å². The van der Waals surface area contributed by atoms with Gasteiger partial charge in [0.2, 0.25) is 0 Å². The summed E-state index contributed by atoms with van der Waals surface area (Å²) in [4.78, 5) is 47.1. The molecule has 122 valence electrons. The van der Waals surface area contributed by atoms with Crippen LogP contribution < -0.4 is 0 Å². The van der Waals surface area contributed by atoms with Crippen molar-refractivity contribution in [2.24, 2.45) is 0 Å². The molecule has 10 heteroatoms. The fourth-order valence-electron chi connectivity index (χ4n) is 1.19. The van der Waals surface area contributed by atoms with Gasteiger partial charge in [-0.3, -0.25) is 0 Å². The van der Waals surface area contributed by atoms with E-state index in [2.05, 4.69) is 50.8 Å². The summed E-state index contributed by atoms with van der Waals surface area (Å²) in [5, 5.41) is 0. The molecular formula is C12H12Br2O8. The van der Waals surface area contributed by atoms with Crippen molar-refractivity contribution in [2.45, 2.75) is 0 Å². The van der Waals surface area contributed by atoms with E-state index in [0.717, 1.165) is 28.4 Å².